The molecule has 0 spiro atoms. The van der Waals surface area contributed by atoms with E-state index in [2.05, 4.69) is 25.6 Å². The predicted octanol–water partition coefficient (Wildman–Crippen LogP) is 3.45. The molecule has 0 fully saturated rings. The lowest BCUT2D eigenvalue weighted by atomic mass is 10.1. The number of benzene rings is 1. The first-order chi connectivity index (χ1) is 15.0. The van der Waals surface area contributed by atoms with E-state index in [9.17, 15) is 9.18 Å². The van der Waals surface area contributed by atoms with E-state index in [0.29, 0.717) is 13.1 Å². The SMILES string of the molecule is Cc1n[nH]c(C)c1CC(=O)NCCn1nc(-c2ccc(F)cc2)cc1-c1cccnc1. The van der Waals surface area contributed by atoms with Crippen molar-refractivity contribution in [3.63, 3.8) is 0 Å². The Kier molecular flexibility index (Phi) is 5.88. The molecule has 0 saturated carbocycles. The molecule has 158 valence electrons. The van der Waals surface area contributed by atoms with Crippen LogP contribution in [0.2, 0.25) is 0 Å². The average Bonchev–Trinajstić information content (AvgIpc) is 3.34. The lowest BCUT2D eigenvalue weighted by molar-refractivity contribution is -0.120. The van der Waals surface area contributed by atoms with Crippen molar-refractivity contribution < 1.29 is 9.18 Å². The number of aromatic nitrogens is 5. The first-order valence-electron chi connectivity index (χ1n) is 10.0. The van der Waals surface area contributed by atoms with Crippen LogP contribution in [0.15, 0.2) is 54.9 Å². The second-order valence-corrected chi connectivity index (χ2v) is 7.33. The molecule has 2 N–H and O–H groups in total. The van der Waals surface area contributed by atoms with Crippen LogP contribution in [0.25, 0.3) is 22.5 Å². The highest BCUT2D eigenvalue weighted by Gasteiger charge is 2.14. The van der Waals surface area contributed by atoms with Gasteiger partial charge in [-0.1, -0.05) is 0 Å². The molecule has 0 aliphatic rings. The highest BCUT2D eigenvalue weighted by atomic mass is 19.1. The van der Waals surface area contributed by atoms with Crippen molar-refractivity contribution in [2.45, 2.75) is 26.8 Å². The van der Waals surface area contributed by atoms with E-state index in [1.165, 1.54) is 12.1 Å². The normalized spacial score (nSPS) is 10.9. The van der Waals surface area contributed by atoms with Crippen molar-refractivity contribution in [1.82, 2.24) is 30.3 Å². The van der Waals surface area contributed by atoms with E-state index in [1.807, 2.05) is 36.7 Å². The van der Waals surface area contributed by atoms with Gasteiger partial charge in [0, 0.05) is 41.3 Å². The quantitative estimate of drug-likeness (QED) is 0.481. The summed E-state index contributed by atoms with van der Waals surface area (Å²) in [6.45, 7) is 4.70. The van der Waals surface area contributed by atoms with Gasteiger partial charge in [0.05, 0.1) is 30.0 Å². The third-order valence-electron chi connectivity index (χ3n) is 5.14. The Balaban J connectivity index is 1.50. The van der Waals surface area contributed by atoms with Crippen LogP contribution < -0.4 is 5.32 Å². The standard InChI is InChI=1S/C23H23FN6O/c1-15-20(16(2)28-27-15)12-23(31)26-10-11-30-22(18-4-3-9-25-14-18)13-21(29-30)17-5-7-19(24)8-6-17/h3-9,13-14H,10-12H2,1-2H3,(H,26,31)(H,27,28). The number of halogens is 1. The molecule has 3 aromatic heterocycles. The number of aromatic amines is 1. The summed E-state index contributed by atoms with van der Waals surface area (Å²) in [7, 11) is 0. The first-order valence-corrected chi connectivity index (χ1v) is 10.0. The topological polar surface area (TPSA) is 88.5 Å². The van der Waals surface area contributed by atoms with E-state index in [0.717, 1.165) is 39.5 Å². The van der Waals surface area contributed by atoms with Crippen LogP contribution in [0.5, 0.6) is 0 Å². The first kappa shape index (κ1) is 20.5. The minimum atomic E-state index is -0.290. The molecule has 0 aliphatic carbocycles. The molecule has 0 saturated heterocycles. The zero-order valence-electron chi connectivity index (χ0n) is 17.4. The number of nitrogens with zero attached hydrogens (tertiary/aromatic N) is 4. The Hall–Kier alpha value is -3.81. The van der Waals surface area contributed by atoms with Gasteiger partial charge in [-0.3, -0.25) is 19.6 Å². The maximum atomic E-state index is 13.3. The molecule has 0 bridgehead atoms. The summed E-state index contributed by atoms with van der Waals surface area (Å²) in [6, 6.07) is 12.0. The van der Waals surface area contributed by atoms with Crippen molar-refractivity contribution in [2.75, 3.05) is 6.54 Å². The zero-order chi connectivity index (χ0) is 21.8. The molecule has 8 heteroatoms. The van der Waals surface area contributed by atoms with E-state index in [-0.39, 0.29) is 18.1 Å². The highest BCUT2D eigenvalue weighted by molar-refractivity contribution is 5.79. The molecule has 7 nitrogen and oxygen atoms in total. The molecule has 1 amide bonds. The van der Waals surface area contributed by atoms with E-state index < -0.39 is 0 Å². The third-order valence-corrected chi connectivity index (χ3v) is 5.14. The Morgan fingerprint density at radius 2 is 1.97 bits per heavy atom. The van der Waals surface area contributed by atoms with Gasteiger partial charge in [0.15, 0.2) is 0 Å². The zero-order valence-corrected chi connectivity index (χ0v) is 17.4. The van der Waals surface area contributed by atoms with Gasteiger partial charge in [0.2, 0.25) is 5.91 Å². The van der Waals surface area contributed by atoms with E-state index in [4.69, 9.17) is 0 Å². The fourth-order valence-electron chi connectivity index (χ4n) is 3.45. The largest absolute Gasteiger partial charge is 0.354 e. The number of carbonyl (C=O) groups is 1. The molecule has 4 rings (SSSR count). The van der Waals surface area contributed by atoms with Crippen LogP contribution in [0.4, 0.5) is 4.39 Å². The number of H-pyrrole nitrogens is 1. The van der Waals surface area contributed by atoms with Gasteiger partial charge >= 0.3 is 0 Å². The molecular weight excluding hydrogens is 395 g/mol. The molecule has 3 heterocycles. The van der Waals surface area contributed by atoms with Crippen molar-refractivity contribution in [2.24, 2.45) is 0 Å². The van der Waals surface area contributed by atoms with Crippen molar-refractivity contribution in [3.05, 3.63) is 77.6 Å². The molecule has 0 atom stereocenters. The molecular formula is C23H23FN6O. The number of pyridine rings is 1. The number of carbonyl (C=O) groups excluding carboxylic acids is 1. The van der Waals surface area contributed by atoms with Gasteiger partial charge in [-0.2, -0.15) is 10.2 Å². The number of hydrogen-bond acceptors (Lipinski definition) is 4. The Labute approximate surface area is 179 Å². The van der Waals surface area contributed by atoms with Gasteiger partial charge in [-0.05, 0) is 56.3 Å². The van der Waals surface area contributed by atoms with E-state index in [1.54, 1.807) is 24.5 Å². The van der Waals surface area contributed by atoms with Crippen molar-refractivity contribution in [1.29, 1.82) is 0 Å². The summed E-state index contributed by atoms with van der Waals surface area (Å²) in [5.41, 5.74) is 6.01. The van der Waals surface area contributed by atoms with Crippen LogP contribution in [-0.2, 0) is 17.8 Å². The Bertz CT molecular complexity index is 1160. The Morgan fingerprint density at radius 1 is 1.16 bits per heavy atom. The minimum absolute atomic E-state index is 0.0681. The summed E-state index contributed by atoms with van der Waals surface area (Å²) in [4.78, 5) is 16.6. The number of amides is 1. The summed E-state index contributed by atoms with van der Waals surface area (Å²) < 4.78 is 15.1. The molecule has 0 unspecified atom stereocenters. The predicted molar refractivity (Wildman–Crippen MR) is 116 cm³/mol. The summed E-state index contributed by atoms with van der Waals surface area (Å²) in [6.07, 6.45) is 3.76. The van der Waals surface area contributed by atoms with Crippen LogP contribution in [0.3, 0.4) is 0 Å². The summed E-state index contributed by atoms with van der Waals surface area (Å²) in [5, 5.41) is 14.7. The van der Waals surface area contributed by atoms with Crippen LogP contribution >= 0.6 is 0 Å². The third kappa shape index (κ3) is 4.69. The minimum Gasteiger partial charge on any atom is -0.354 e. The number of nitrogens with one attached hydrogen (secondary N) is 2. The average molecular weight is 418 g/mol. The van der Waals surface area contributed by atoms with Gasteiger partial charge in [0.25, 0.3) is 0 Å². The Morgan fingerprint density at radius 3 is 2.65 bits per heavy atom. The second kappa shape index (κ2) is 8.91. The van der Waals surface area contributed by atoms with Crippen LogP contribution in [0.1, 0.15) is 17.0 Å². The maximum absolute atomic E-state index is 13.3. The molecule has 4 aromatic rings. The highest BCUT2D eigenvalue weighted by Crippen LogP contribution is 2.26. The summed E-state index contributed by atoms with van der Waals surface area (Å²) >= 11 is 0. The van der Waals surface area contributed by atoms with Crippen LogP contribution in [0, 0.1) is 19.7 Å². The molecule has 1 aromatic carbocycles. The van der Waals surface area contributed by atoms with Crippen LogP contribution in [-0.4, -0.2) is 37.4 Å². The monoisotopic (exact) mass is 418 g/mol. The molecule has 0 radical (unpaired) electrons. The molecule has 0 aliphatic heterocycles. The van der Waals surface area contributed by atoms with Gasteiger partial charge in [0.1, 0.15) is 5.82 Å². The number of aryl methyl sites for hydroxylation is 2. The van der Waals surface area contributed by atoms with Crippen molar-refractivity contribution in [3.8, 4) is 22.5 Å². The number of rotatable bonds is 7. The lowest BCUT2D eigenvalue weighted by Gasteiger charge is -2.09. The molecule has 31 heavy (non-hydrogen) atoms. The number of hydrogen-bond donors (Lipinski definition) is 2. The van der Waals surface area contributed by atoms with E-state index >= 15 is 0 Å². The van der Waals surface area contributed by atoms with Gasteiger partial charge in [-0.15, -0.1) is 0 Å². The lowest BCUT2D eigenvalue weighted by Crippen LogP contribution is -2.29. The summed E-state index contributed by atoms with van der Waals surface area (Å²) in [5.74, 6) is -0.358. The maximum Gasteiger partial charge on any atom is 0.224 e. The fourth-order valence-corrected chi connectivity index (χ4v) is 3.45. The van der Waals surface area contributed by atoms with Gasteiger partial charge in [-0.25, -0.2) is 4.39 Å². The van der Waals surface area contributed by atoms with Crippen molar-refractivity contribution >= 4 is 5.91 Å². The fraction of sp³-hybridized carbons (Fsp3) is 0.217. The van der Waals surface area contributed by atoms with Gasteiger partial charge < -0.3 is 5.32 Å². The smallest absolute Gasteiger partial charge is 0.224 e. The second-order valence-electron chi connectivity index (χ2n) is 7.33.